The van der Waals surface area contributed by atoms with Crippen molar-refractivity contribution in [3.63, 3.8) is 0 Å². The molecule has 0 aromatic carbocycles. The van der Waals surface area contributed by atoms with Gasteiger partial charge < -0.3 is 38.8 Å². The van der Waals surface area contributed by atoms with Gasteiger partial charge >= 0.3 is 23.1 Å². The van der Waals surface area contributed by atoms with Crippen LogP contribution in [0.1, 0.15) is 0 Å². The van der Waals surface area contributed by atoms with Crippen molar-refractivity contribution in [3.05, 3.63) is 14.9 Å². The van der Waals surface area contributed by atoms with E-state index in [0.29, 0.717) is 0 Å². The molecule has 0 aliphatic carbocycles. The first-order valence-electron chi connectivity index (χ1n) is 0. The Morgan fingerprint density at radius 1 is 0.750 bits per heavy atom. The first-order chi connectivity index (χ1) is 0. The van der Waals surface area contributed by atoms with Crippen LogP contribution >= 0.6 is 0 Å². The SMILES string of the molecule is [CH3-].[CH3-].[I-].[Mg+2]. The van der Waals surface area contributed by atoms with Gasteiger partial charge in [0.15, 0.2) is 0 Å². The molecule has 0 aromatic heterocycles. The van der Waals surface area contributed by atoms with Crippen LogP contribution in [0.25, 0.3) is 0 Å². The maximum Gasteiger partial charge on any atom is 2.00 e. The van der Waals surface area contributed by atoms with Crippen molar-refractivity contribution < 1.29 is 24.0 Å². The Kier molecular flexibility index (Phi) is 305. The van der Waals surface area contributed by atoms with E-state index in [1.165, 1.54) is 0 Å². The number of halogens is 1. The molecule has 24 valence electrons. The van der Waals surface area contributed by atoms with E-state index in [1.54, 1.807) is 0 Å². The van der Waals surface area contributed by atoms with Gasteiger partial charge in [-0.2, -0.15) is 0 Å². The first kappa shape index (κ1) is 49.6. The van der Waals surface area contributed by atoms with E-state index in [0.717, 1.165) is 0 Å². The van der Waals surface area contributed by atoms with Crippen LogP contribution in [0.2, 0.25) is 0 Å². The van der Waals surface area contributed by atoms with E-state index in [-0.39, 0.29) is 61.9 Å². The van der Waals surface area contributed by atoms with Gasteiger partial charge in [0, 0.05) is 0 Å². The Bertz CT molecular complexity index is 6.00. The van der Waals surface area contributed by atoms with Crippen molar-refractivity contribution in [2.45, 2.75) is 0 Å². The molecule has 0 rings (SSSR count). The third-order valence-corrected chi connectivity index (χ3v) is 0. The second kappa shape index (κ2) is 24.5. The largest absolute Gasteiger partial charge is 2.00 e. The summed E-state index contributed by atoms with van der Waals surface area (Å²) in [5.74, 6) is 0. The normalized spacial score (nSPS) is 0. The molecule has 0 aromatic rings. The summed E-state index contributed by atoms with van der Waals surface area (Å²) in [6.07, 6.45) is 0. The third kappa shape index (κ3) is 9.73. The summed E-state index contributed by atoms with van der Waals surface area (Å²) in [4.78, 5) is 0. The van der Waals surface area contributed by atoms with E-state index in [4.69, 9.17) is 0 Å². The Balaban J connectivity index is 0. The van der Waals surface area contributed by atoms with Gasteiger partial charge in [-0.15, -0.1) is 0 Å². The molecule has 0 spiro atoms. The Labute approximate surface area is 61.5 Å². The fourth-order valence-corrected chi connectivity index (χ4v) is 0. The number of rotatable bonds is 0. The molecule has 2 heteroatoms. The summed E-state index contributed by atoms with van der Waals surface area (Å²) in [6, 6.07) is 0. The van der Waals surface area contributed by atoms with Gasteiger partial charge in [-0.1, -0.05) is 0 Å². The minimum atomic E-state index is 0. The van der Waals surface area contributed by atoms with Crippen molar-refractivity contribution in [1.29, 1.82) is 0 Å². The van der Waals surface area contributed by atoms with Crippen molar-refractivity contribution in [1.82, 2.24) is 0 Å². The maximum atomic E-state index is 0. The van der Waals surface area contributed by atoms with Gasteiger partial charge in [0.05, 0.1) is 0 Å². The van der Waals surface area contributed by atoms with Crippen LogP contribution in [0.4, 0.5) is 0 Å². The van der Waals surface area contributed by atoms with Crippen LogP contribution in [0.5, 0.6) is 0 Å². The molecule has 0 fully saturated rings. The molecular weight excluding hydrogens is 175 g/mol. The topological polar surface area (TPSA) is 0 Å². The monoisotopic (exact) mass is 181 g/mol. The average molecular weight is 181 g/mol. The third-order valence-electron chi connectivity index (χ3n) is 0. The fraction of sp³-hybridized carbons (Fsp3) is 0. The Morgan fingerprint density at radius 3 is 0.750 bits per heavy atom. The van der Waals surface area contributed by atoms with Crippen molar-refractivity contribution in [2.24, 2.45) is 0 Å². The summed E-state index contributed by atoms with van der Waals surface area (Å²) in [5.41, 5.74) is 0. The van der Waals surface area contributed by atoms with Crippen LogP contribution in [-0.4, -0.2) is 23.1 Å². The zero-order valence-electron chi connectivity index (χ0n) is 3.09. The molecule has 0 aliphatic heterocycles. The smallest absolute Gasteiger partial charge is 1.00 e. The average Bonchev–Trinajstić information content (AvgIpc) is 0. The van der Waals surface area contributed by atoms with Gasteiger partial charge in [0.1, 0.15) is 0 Å². The second-order valence-electron chi connectivity index (χ2n) is 0. The fourth-order valence-electron chi connectivity index (χ4n) is 0. The van der Waals surface area contributed by atoms with Crippen molar-refractivity contribution >= 4 is 23.1 Å². The van der Waals surface area contributed by atoms with Gasteiger partial charge in [-0.3, -0.25) is 0 Å². The van der Waals surface area contributed by atoms with E-state index >= 15 is 0 Å². The van der Waals surface area contributed by atoms with E-state index in [9.17, 15) is 0 Å². The molecule has 0 N–H and O–H groups in total. The second-order valence-corrected chi connectivity index (χ2v) is 0. The molecule has 0 saturated heterocycles. The Hall–Kier alpha value is 1.50. The summed E-state index contributed by atoms with van der Waals surface area (Å²) >= 11 is 0. The van der Waals surface area contributed by atoms with Gasteiger partial charge in [-0.25, -0.2) is 0 Å². The molecular formula is C2H6IMg-. The minimum absolute atomic E-state index is 0. The molecule has 0 heterocycles. The summed E-state index contributed by atoms with van der Waals surface area (Å²) < 4.78 is 0. The molecule has 0 radical (unpaired) electrons. The summed E-state index contributed by atoms with van der Waals surface area (Å²) in [5, 5.41) is 0. The predicted octanol–water partition coefficient (Wildman–Crippen LogP) is -2.48. The quantitative estimate of drug-likeness (QED) is 0.221. The molecule has 0 unspecified atom stereocenters. The van der Waals surface area contributed by atoms with E-state index in [2.05, 4.69) is 0 Å². The molecule has 0 bridgehead atoms. The van der Waals surface area contributed by atoms with E-state index in [1.807, 2.05) is 0 Å². The zero-order chi connectivity index (χ0) is 0. The van der Waals surface area contributed by atoms with Gasteiger partial charge in [0.2, 0.25) is 0 Å². The van der Waals surface area contributed by atoms with Crippen LogP contribution < -0.4 is 24.0 Å². The number of hydrogen-bond acceptors (Lipinski definition) is 0. The van der Waals surface area contributed by atoms with Crippen LogP contribution in [0.15, 0.2) is 0 Å². The van der Waals surface area contributed by atoms with Crippen molar-refractivity contribution in [3.8, 4) is 0 Å². The molecule has 0 atom stereocenters. The van der Waals surface area contributed by atoms with Crippen LogP contribution in [0, 0.1) is 14.9 Å². The number of hydrogen-bond donors (Lipinski definition) is 0. The van der Waals surface area contributed by atoms with Crippen LogP contribution in [0.3, 0.4) is 0 Å². The molecule has 0 saturated carbocycles. The molecule has 0 amide bonds. The molecule has 0 nitrogen and oxygen atoms in total. The minimum Gasteiger partial charge on any atom is -1.00 e. The van der Waals surface area contributed by atoms with Gasteiger partial charge in [0.25, 0.3) is 0 Å². The first-order valence-corrected chi connectivity index (χ1v) is 0. The van der Waals surface area contributed by atoms with Crippen LogP contribution in [-0.2, 0) is 0 Å². The zero-order valence-corrected chi connectivity index (χ0v) is 6.66. The summed E-state index contributed by atoms with van der Waals surface area (Å²) in [7, 11) is 0. The predicted molar refractivity (Wildman–Crippen MR) is 18.6 cm³/mol. The van der Waals surface area contributed by atoms with Gasteiger partial charge in [-0.05, 0) is 0 Å². The standard InChI is InChI=1S/2CH3.HI.Mg/h2*1H3;1H;/q2*-1;;+2/p-1. The molecule has 4 heavy (non-hydrogen) atoms. The maximum absolute atomic E-state index is 0. The van der Waals surface area contributed by atoms with Crippen molar-refractivity contribution in [2.75, 3.05) is 0 Å². The Morgan fingerprint density at radius 2 is 0.750 bits per heavy atom. The molecule has 0 aliphatic rings. The summed E-state index contributed by atoms with van der Waals surface area (Å²) in [6.45, 7) is 0. The van der Waals surface area contributed by atoms with E-state index < -0.39 is 0 Å².